The second-order valence-corrected chi connectivity index (χ2v) is 6.21. The number of rotatable bonds is 3. The largest absolute Gasteiger partial charge is 0.328 e. The lowest BCUT2D eigenvalue weighted by molar-refractivity contribution is 0.0911. The van der Waals surface area contributed by atoms with Crippen LogP contribution in [0.25, 0.3) is 0 Å². The molecular weight excluding hydrogens is 220 g/mol. The van der Waals surface area contributed by atoms with Gasteiger partial charge in [0.1, 0.15) is 0 Å². The summed E-state index contributed by atoms with van der Waals surface area (Å²) >= 11 is 0. The maximum absolute atomic E-state index is 6.17. The van der Waals surface area contributed by atoms with Crippen LogP contribution in [-0.2, 0) is 6.54 Å². The third kappa shape index (κ3) is 2.32. The lowest BCUT2D eigenvalue weighted by Crippen LogP contribution is -2.47. The molecule has 18 heavy (non-hydrogen) atoms. The van der Waals surface area contributed by atoms with Crippen LogP contribution in [0.3, 0.4) is 0 Å². The molecule has 1 heterocycles. The Labute approximate surface area is 110 Å². The van der Waals surface area contributed by atoms with Crippen molar-refractivity contribution in [1.82, 2.24) is 4.90 Å². The minimum atomic E-state index is 0.376. The first kappa shape index (κ1) is 12.2. The van der Waals surface area contributed by atoms with Crippen molar-refractivity contribution in [3.8, 4) is 0 Å². The summed E-state index contributed by atoms with van der Waals surface area (Å²) < 4.78 is 0. The van der Waals surface area contributed by atoms with Gasteiger partial charge < -0.3 is 5.73 Å². The van der Waals surface area contributed by atoms with Gasteiger partial charge in [0.05, 0.1) is 0 Å². The lowest BCUT2D eigenvalue weighted by atomic mass is 9.80. The van der Waals surface area contributed by atoms with Gasteiger partial charge in [-0.15, -0.1) is 0 Å². The van der Waals surface area contributed by atoms with Crippen molar-refractivity contribution in [2.45, 2.75) is 32.4 Å². The monoisotopic (exact) mass is 244 g/mol. The van der Waals surface area contributed by atoms with Crippen molar-refractivity contribution in [1.29, 1.82) is 0 Å². The third-order valence-electron chi connectivity index (χ3n) is 4.84. The highest BCUT2D eigenvalue weighted by Crippen LogP contribution is 2.43. The number of benzene rings is 1. The summed E-state index contributed by atoms with van der Waals surface area (Å²) in [5.41, 5.74) is 7.61. The SMILES string of the molecule is CC(N)C1[C@@H]2CC[C@@H]1CN(Cc1ccccc1)C2. The smallest absolute Gasteiger partial charge is 0.0233 e. The Hall–Kier alpha value is -0.860. The molecule has 2 aliphatic rings. The fraction of sp³-hybridized carbons (Fsp3) is 0.625. The van der Waals surface area contributed by atoms with Gasteiger partial charge in [-0.1, -0.05) is 30.3 Å². The molecule has 1 aliphatic heterocycles. The molecule has 98 valence electrons. The van der Waals surface area contributed by atoms with Gasteiger partial charge in [0, 0.05) is 25.7 Å². The molecule has 0 radical (unpaired) electrons. The fourth-order valence-electron chi connectivity index (χ4n) is 4.19. The average Bonchev–Trinajstić information content (AvgIpc) is 2.63. The Morgan fingerprint density at radius 3 is 2.33 bits per heavy atom. The zero-order valence-corrected chi connectivity index (χ0v) is 11.3. The van der Waals surface area contributed by atoms with Crippen LogP contribution in [-0.4, -0.2) is 24.0 Å². The van der Waals surface area contributed by atoms with Crippen molar-refractivity contribution < 1.29 is 0 Å². The van der Waals surface area contributed by atoms with E-state index in [0.29, 0.717) is 6.04 Å². The van der Waals surface area contributed by atoms with Crippen molar-refractivity contribution in [3.63, 3.8) is 0 Å². The summed E-state index contributed by atoms with van der Waals surface area (Å²) in [6.07, 6.45) is 2.78. The summed E-state index contributed by atoms with van der Waals surface area (Å²) in [6.45, 7) is 5.80. The van der Waals surface area contributed by atoms with Crippen molar-refractivity contribution >= 4 is 0 Å². The number of hydrogen-bond donors (Lipinski definition) is 1. The van der Waals surface area contributed by atoms with E-state index in [2.05, 4.69) is 42.2 Å². The quantitative estimate of drug-likeness (QED) is 0.885. The number of likely N-dealkylation sites (tertiary alicyclic amines) is 1. The van der Waals surface area contributed by atoms with Crippen LogP contribution in [0.1, 0.15) is 25.3 Å². The van der Waals surface area contributed by atoms with Crippen LogP contribution in [0.5, 0.6) is 0 Å². The molecule has 1 aromatic rings. The van der Waals surface area contributed by atoms with Crippen LogP contribution < -0.4 is 5.73 Å². The van der Waals surface area contributed by atoms with E-state index in [9.17, 15) is 0 Å². The van der Waals surface area contributed by atoms with Gasteiger partial charge in [-0.05, 0) is 43.1 Å². The number of nitrogens with zero attached hydrogens (tertiary/aromatic N) is 1. The molecule has 2 nitrogen and oxygen atoms in total. The Kier molecular flexibility index (Phi) is 3.40. The fourth-order valence-corrected chi connectivity index (χ4v) is 4.19. The van der Waals surface area contributed by atoms with Gasteiger partial charge in [0.2, 0.25) is 0 Å². The van der Waals surface area contributed by atoms with Gasteiger partial charge in [0.25, 0.3) is 0 Å². The molecule has 2 heteroatoms. The van der Waals surface area contributed by atoms with Crippen LogP contribution in [0, 0.1) is 17.8 Å². The molecule has 0 spiro atoms. The molecule has 1 saturated heterocycles. The number of fused-ring (bicyclic) bond motifs is 2. The topological polar surface area (TPSA) is 29.3 Å². The molecule has 1 saturated carbocycles. The van der Waals surface area contributed by atoms with Crippen LogP contribution in [0.2, 0.25) is 0 Å². The van der Waals surface area contributed by atoms with Gasteiger partial charge in [-0.2, -0.15) is 0 Å². The van der Waals surface area contributed by atoms with E-state index in [1.807, 2.05) is 0 Å². The van der Waals surface area contributed by atoms with E-state index < -0.39 is 0 Å². The maximum atomic E-state index is 6.17. The highest BCUT2D eigenvalue weighted by atomic mass is 15.1. The predicted molar refractivity (Wildman–Crippen MR) is 75.1 cm³/mol. The minimum Gasteiger partial charge on any atom is -0.328 e. The lowest BCUT2D eigenvalue weighted by Gasteiger charge is -2.40. The molecule has 1 unspecified atom stereocenters. The Balaban J connectivity index is 1.65. The zero-order chi connectivity index (χ0) is 12.5. The first-order valence-electron chi connectivity index (χ1n) is 7.26. The maximum Gasteiger partial charge on any atom is 0.0233 e. The number of piperidine rings is 1. The molecular formula is C16H24N2. The van der Waals surface area contributed by atoms with Gasteiger partial charge >= 0.3 is 0 Å². The predicted octanol–water partition coefficient (Wildman–Crippen LogP) is 2.49. The number of nitrogens with two attached hydrogens (primary N) is 1. The van der Waals surface area contributed by atoms with E-state index in [0.717, 1.165) is 24.3 Å². The number of hydrogen-bond acceptors (Lipinski definition) is 2. The van der Waals surface area contributed by atoms with Crippen LogP contribution in [0.15, 0.2) is 30.3 Å². The average molecular weight is 244 g/mol. The summed E-state index contributed by atoms with van der Waals surface area (Å²) in [6, 6.07) is 11.2. The van der Waals surface area contributed by atoms with Crippen molar-refractivity contribution in [2.24, 2.45) is 23.5 Å². The summed E-state index contributed by atoms with van der Waals surface area (Å²) in [5, 5.41) is 0. The highest BCUT2D eigenvalue weighted by molar-refractivity contribution is 5.14. The molecule has 3 atom stereocenters. The standard InChI is InChI=1S/C16H24N2/c1-12(17)16-14-7-8-15(16)11-18(10-14)9-13-5-3-2-4-6-13/h2-6,12,14-16H,7-11,17H2,1H3/t12?,14-,15-/m1/s1. The molecule has 2 N–H and O–H groups in total. The van der Waals surface area contributed by atoms with Crippen LogP contribution in [0.4, 0.5) is 0 Å². The molecule has 2 fully saturated rings. The van der Waals surface area contributed by atoms with Gasteiger partial charge in [-0.25, -0.2) is 0 Å². The molecule has 0 amide bonds. The molecule has 3 rings (SSSR count). The first-order valence-corrected chi connectivity index (χ1v) is 7.26. The van der Waals surface area contributed by atoms with Crippen molar-refractivity contribution in [3.05, 3.63) is 35.9 Å². The van der Waals surface area contributed by atoms with E-state index >= 15 is 0 Å². The van der Waals surface area contributed by atoms with Gasteiger partial charge in [-0.3, -0.25) is 4.90 Å². The van der Waals surface area contributed by atoms with E-state index in [1.165, 1.54) is 31.5 Å². The first-order chi connectivity index (χ1) is 8.74. The molecule has 1 aliphatic carbocycles. The van der Waals surface area contributed by atoms with Gasteiger partial charge in [0.15, 0.2) is 0 Å². The van der Waals surface area contributed by atoms with Crippen LogP contribution >= 0.6 is 0 Å². The summed E-state index contributed by atoms with van der Waals surface area (Å²) in [4.78, 5) is 2.64. The Morgan fingerprint density at radius 2 is 1.78 bits per heavy atom. The zero-order valence-electron chi connectivity index (χ0n) is 11.3. The van der Waals surface area contributed by atoms with E-state index in [-0.39, 0.29) is 0 Å². The Bertz CT molecular complexity index is 373. The minimum absolute atomic E-state index is 0.376. The second kappa shape index (κ2) is 5.02. The van der Waals surface area contributed by atoms with E-state index in [1.54, 1.807) is 0 Å². The molecule has 2 bridgehead atoms. The molecule has 1 aromatic carbocycles. The summed E-state index contributed by atoms with van der Waals surface area (Å²) in [5.74, 6) is 2.46. The van der Waals surface area contributed by atoms with Crippen molar-refractivity contribution in [2.75, 3.05) is 13.1 Å². The third-order valence-corrected chi connectivity index (χ3v) is 4.84. The van der Waals surface area contributed by atoms with E-state index in [4.69, 9.17) is 5.73 Å². The normalized spacial score (nSPS) is 33.6. The second-order valence-electron chi connectivity index (χ2n) is 6.21. The Morgan fingerprint density at radius 1 is 1.17 bits per heavy atom. The molecule has 0 aromatic heterocycles. The highest BCUT2D eigenvalue weighted by Gasteiger charge is 2.43. The summed E-state index contributed by atoms with van der Waals surface area (Å²) in [7, 11) is 0.